The number of aryl methyl sites for hydroxylation is 3. The van der Waals surface area contributed by atoms with Gasteiger partial charge in [-0.05, 0) is 94.3 Å². The highest BCUT2D eigenvalue weighted by Gasteiger charge is 2.23. The Hall–Kier alpha value is -3.58. The first kappa shape index (κ1) is 31.4. The lowest BCUT2D eigenvalue weighted by molar-refractivity contribution is -0.143. The standard InChI is InChI=1S/C35H45FN2O4/c1-6-40-34(39)15-13-28-12-14-30(21-32(28)36)37-22-27-10-11-29(33(20-27)41-24(2)3)23-38-18-16-31(17-19-38)42-35-25(4)8-7-9-26(35)5/h7-12,14,20-21,24,31,37H,6,13,15-19,22-23H2,1-5H3. The number of halogens is 1. The van der Waals surface area contributed by atoms with Gasteiger partial charge in [0, 0.05) is 43.9 Å². The Labute approximate surface area is 250 Å². The van der Waals surface area contributed by atoms with Crippen LogP contribution in [0.25, 0.3) is 0 Å². The van der Waals surface area contributed by atoms with Crippen LogP contribution in [0.5, 0.6) is 11.5 Å². The zero-order valence-electron chi connectivity index (χ0n) is 25.7. The number of nitrogens with one attached hydrogen (secondary N) is 1. The summed E-state index contributed by atoms with van der Waals surface area (Å²) in [6.07, 6.45) is 2.76. The largest absolute Gasteiger partial charge is 0.491 e. The van der Waals surface area contributed by atoms with E-state index in [2.05, 4.69) is 60.5 Å². The molecule has 0 bridgehead atoms. The fraction of sp³-hybridized carbons (Fsp3) is 0.457. The van der Waals surface area contributed by atoms with Gasteiger partial charge in [0.2, 0.25) is 0 Å². The molecule has 3 aromatic rings. The second kappa shape index (κ2) is 15.1. The van der Waals surface area contributed by atoms with Crippen molar-refractivity contribution in [2.45, 2.75) is 85.6 Å². The summed E-state index contributed by atoms with van der Waals surface area (Å²) in [7, 11) is 0. The fourth-order valence-electron chi connectivity index (χ4n) is 5.32. The van der Waals surface area contributed by atoms with Gasteiger partial charge in [0.05, 0.1) is 12.7 Å². The molecule has 42 heavy (non-hydrogen) atoms. The lowest BCUT2D eigenvalue weighted by Crippen LogP contribution is -2.38. The van der Waals surface area contributed by atoms with Crippen molar-refractivity contribution < 1.29 is 23.4 Å². The molecule has 6 nitrogen and oxygen atoms in total. The quantitative estimate of drug-likeness (QED) is 0.214. The van der Waals surface area contributed by atoms with Gasteiger partial charge in [-0.3, -0.25) is 9.69 Å². The average molecular weight is 577 g/mol. The lowest BCUT2D eigenvalue weighted by atomic mass is 10.0. The van der Waals surface area contributed by atoms with Crippen LogP contribution < -0.4 is 14.8 Å². The van der Waals surface area contributed by atoms with E-state index < -0.39 is 0 Å². The summed E-state index contributed by atoms with van der Waals surface area (Å²) in [5.74, 6) is 1.28. The number of nitrogens with zero attached hydrogens (tertiary/aromatic N) is 1. The second-order valence-electron chi connectivity index (χ2n) is 11.4. The van der Waals surface area contributed by atoms with E-state index in [0.717, 1.165) is 49.5 Å². The molecule has 1 aliphatic heterocycles. The number of ether oxygens (including phenoxy) is 3. The maximum absolute atomic E-state index is 14.6. The number of benzene rings is 3. The van der Waals surface area contributed by atoms with Gasteiger partial charge in [-0.2, -0.15) is 0 Å². The van der Waals surface area contributed by atoms with Crippen molar-refractivity contribution in [2.75, 3.05) is 25.0 Å². The van der Waals surface area contributed by atoms with E-state index >= 15 is 0 Å². The van der Waals surface area contributed by atoms with Crippen LogP contribution in [-0.2, 0) is 29.0 Å². The Bertz CT molecular complexity index is 1310. The maximum atomic E-state index is 14.6. The number of para-hydroxylation sites is 1. The third-order valence-electron chi connectivity index (χ3n) is 7.57. The van der Waals surface area contributed by atoms with Crippen molar-refractivity contribution in [3.63, 3.8) is 0 Å². The van der Waals surface area contributed by atoms with Crippen LogP contribution in [0.4, 0.5) is 10.1 Å². The molecule has 0 amide bonds. The van der Waals surface area contributed by atoms with Crippen molar-refractivity contribution >= 4 is 11.7 Å². The molecule has 1 saturated heterocycles. The molecule has 0 saturated carbocycles. The molecule has 0 aliphatic carbocycles. The Morgan fingerprint density at radius 3 is 2.40 bits per heavy atom. The van der Waals surface area contributed by atoms with Crippen LogP contribution in [0.3, 0.4) is 0 Å². The summed E-state index contributed by atoms with van der Waals surface area (Å²) in [4.78, 5) is 14.1. The molecule has 226 valence electrons. The van der Waals surface area contributed by atoms with Gasteiger partial charge < -0.3 is 19.5 Å². The predicted octanol–water partition coefficient (Wildman–Crippen LogP) is 7.38. The Balaban J connectivity index is 1.33. The zero-order chi connectivity index (χ0) is 30.1. The minimum absolute atomic E-state index is 0.0553. The molecule has 0 unspecified atom stereocenters. The first-order valence-corrected chi connectivity index (χ1v) is 15.1. The summed E-state index contributed by atoms with van der Waals surface area (Å²) in [6.45, 7) is 13.7. The highest BCUT2D eigenvalue weighted by atomic mass is 19.1. The summed E-state index contributed by atoms with van der Waals surface area (Å²) in [6, 6.07) is 17.7. The second-order valence-corrected chi connectivity index (χ2v) is 11.4. The number of rotatable bonds is 13. The van der Waals surface area contributed by atoms with E-state index in [1.807, 2.05) is 19.9 Å². The van der Waals surface area contributed by atoms with Gasteiger partial charge in [-0.1, -0.05) is 36.4 Å². The molecule has 7 heteroatoms. The third-order valence-corrected chi connectivity index (χ3v) is 7.57. The number of piperidine rings is 1. The highest BCUT2D eigenvalue weighted by Crippen LogP contribution is 2.29. The summed E-state index contributed by atoms with van der Waals surface area (Å²) in [5, 5.41) is 3.32. The van der Waals surface area contributed by atoms with E-state index in [1.54, 1.807) is 13.0 Å². The van der Waals surface area contributed by atoms with E-state index in [1.165, 1.54) is 22.8 Å². The summed E-state index contributed by atoms with van der Waals surface area (Å²) in [5.41, 5.74) is 5.80. The third kappa shape index (κ3) is 8.96. The minimum atomic E-state index is -0.327. The van der Waals surface area contributed by atoms with E-state index in [-0.39, 0.29) is 30.4 Å². The highest BCUT2D eigenvalue weighted by molar-refractivity contribution is 5.69. The number of carbonyl (C=O) groups is 1. The van der Waals surface area contributed by atoms with Gasteiger partial charge in [0.25, 0.3) is 0 Å². The minimum Gasteiger partial charge on any atom is -0.491 e. The fourth-order valence-corrected chi connectivity index (χ4v) is 5.32. The molecule has 3 aromatic carbocycles. The molecule has 1 aliphatic rings. The monoisotopic (exact) mass is 576 g/mol. The van der Waals surface area contributed by atoms with Gasteiger partial charge in [-0.25, -0.2) is 4.39 Å². The van der Waals surface area contributed by atoms with Crippen molar-refractivity contribution in [3.05, 3.63) is 88.2 Å². The summed E-state index contributed by atoms with van der Waals surface area (Å²) >= 11 is 0. The Morgan fingerprint density at radius 2 is 1.74 bits per heavy atom. The first-order valence-electron chi connectivity index (χ1n) is 15.1. The molecule has 1 heterocycles. The molecule has 0 aromatic heterocycles. The van der Waals surface area contributed by atoms with Crippen LogP contribution >= 0.6 is 0 Å². The Kier molecular flexibility index (Phi) is 11.2. The van der Waals surface area contributed by atoms with E-state index in [9.17, 15) is 9.18 Å². The maximum Gasteiger partial charge on any atom is 0.306 e. The van der Waals surface area contributed by atoms with E-state index in [0.29, 0.717) is 30.8 Å². The van der Waals surface area contributed by atoms with Crippen LogP contribution in [0.2, 0.25) is 0 Å². The predicted molar refractivity (Wildman–Crippen MR) is 166 cm³/mol. The molecule has 0 spiro atoms. The average Bonchev–Trinajstić information content (AvgIpc) is 2.95. The van der Waals surface area contributed by atoms with Crippen molar-refractivity contribution in [2.24, 2.45) is 0 Å². The van der Waals surface area contributed by atoms with Crippen molar-refractivity contribution in [1.29, 1.82) is 0 Å². The normalized spacial score (nSPS) is 14.2. The molecule has 4 rings (SSSR count). The topological polar surface area (TPSA) is 60.0 Å². The van der Waals surface area contributed by atoms with Gasteiger partial charge in [0.1, 0.15) is 23.4 Å². The molecular weight excluding hydrogens is 531 g/mol. The number of esters is 1. The summed E-state index contributed by atoms with van der Waals surface area (Å²) < 4.78 is 32.2. The van der Waals surface area contributed by atoms with Crippen LogP contribution in [-0.4, -0.2) is 42.8 Å². The Morgan fingerprint density at radius 1 is 1.02 bits per heavy atom. The van der Waals surface area contributed by atoms with Crippen molar-refractivity contribution in [3.8, 4) is 11.5 Å². The van der Waals surface area contributed by atoms with Gasteiger partial charge >= 0.3 is 5.97 Å². The SMILES string of the molecule is CCOC(=O)CCc1ccc(NCc2ccc(CN3CCC(Oc4c(C)cccc4C)CC3)c(OC(C)C)c2)cc1F. The number of carbonyl (C=O) groups excluding carboxylic acids is 1. The lowest BCUT2D eigenvalue weighted by Gasteiger charge is -2.33. The van der Waals surface area contributed by atoms with Gasteiger partial charge in [-0.15, -0.1) is 0 Å². The number of hydrogen-bond acceptors (Lipinski definition) is 6. The molecule has 0 radical (unpaired) electrons. The smallest absolute Gasteiger partial charge is 0.306 e. The van der Waals surface area contributed by atoms with Crippen molar-refractivity contribution in [1.82, 2.24) is 4.90 Å². The molecule has 1 N–H and O–H groups in total. The van der Waals surface area contributed by atoms with Crippen LogP contribution in [0.15, 0.2) is 54.6 Å². The van der Waals surface area contributed by atoms with E-state index in [4.69, 9.17) is 14.2 Å². The number of anilines is 1. The number of likely N-dealkylation sites (tertiary alicyclic amines) is 1. The zero-order valence-corrected chi connectivity index (χ0v) is 25.7. The van der Waals surface area contributed by atoms with Crippen LogP contribution in [0, 0.1) is 19.7 Å². The van der Waals surface area contributed by atoms with Gasteiger partial charge in [0.15, 0.2) is 0 Å². The molecular formula is C35H45FN2O4. The molecule has 0 atom stereocenters. The molecule has 1 fully saturated rings. The first-order chi connectivity index (χ1) is 20.2. The van der Waals surface area contributed by atoms with Crippen LogP contribution in [0.1, 0.15) is 67.9 Å². The number of hydrogen-bond donors (Lipinski definition) is 1.